The molecular formula is C44H50ClN5O5S. The Morgan fingerprint density at radius 2 is 2.02 bits per heavy atom. The molecule has 0 radical (unpaired) electrons. The molecule has 2 aliphatic carbocycles. The number of rotatable bonds is 4. The molecule has 0 unspecified atom stereocenters. The quantitative estimate of drug-likeness (QED) is 0.154. The monoisotopic (exact) mass is 795 g/mol. The van der Waals surface area contributed by atoms with Gasteiger partial charge in [-0.05, 0) is 104 Å². The van der Waals surface area contributed by atoms with Gasteiger partial charge >= 0.3 is 0 Å². The summed E-state index contributed by atoms with van der Waals surface area (Å²) in [6.07, 6.45) is 14.5. The minimum atomic E-state index is -3.32. The molecule has 2 aromatic carbocycles. The number of amides is 1. The van der Waals surface area contributed by atoms with Crippen molar-refractivity contribution in [2.75, 3.05) is 43.2 Å². The Hall–Kier alpha value is -4.19. The lowest BCUT2D eigenvalue weighted by molar-refractivity contribution is 0.0131. The van der Waals surface area contributed by atoms with Crippen molar-refractivity contribution >= 4 is 38.7 Å². The average Bonchev–Trinajstić information content (AvgIpc) is 3.73. The van der Waals surface area contributed by atoms with Crippen LogP contribution >= 0.6 is 11.6 Å². The van der Waals surface area contributed by atoms with Gasteiger partial charge in [-0.1, -0.05) is 36.7 Å². The molecule has 1 spiro atoms. The number of nitrogens with zero attached hydrogens (tertiary/aromatic N) is 5. The molecule has 10 nitrogen and oxygen atoms in total. The summed E-state index contributed by atoms with van der Waals surface area (Å²) in [5.74, 6) is 0.284. The van der Waals surface area contributed by atoms with E-state index < -0.39 is 15.6 Å². The van der Waals surface area contributed by atoms with Gasteiger partial charge in [-0.2, -0.15) is 9.46 Å². The van der Waals surface area contributed by atoms with E-state index in [0.717, 1.165) is 91.6 Å². The third-order valence-electron chi connectivity index (χ3n) is 13.1. The summed E-state index contributed by atoms with van der Waals surface area (Å²) in [6.45, 7) is 4.77. The predicted octanol–water partition coefficient (Wildman–Crippen LogP) is 7.70. The first-order chi connectivity index (χ1) is 27.0. The fourth-order valence-corrected chi connectivity index (χ4v) is 12.5. The number of carbonyl (C=O) groups excluding carboxylic acids is 2. The maximum absolute atomic E-state index is 15.0. The second-order valence-corrected chi connectivity index (χ2v) is 19.6. The fraction of sp³-hybridized carbons (Fsp3) is 0.477. The third kappa shape index (κ3) is 6.83. The molecule has 2 aromatic heterocycles. The van der Waals surface area contributed by atoms with Crippen LogP contribution in [0.3, 0.4) is 0 Å². The van der Waals surface area contributed by atoms with Crippen molar-refractivity contribution in [3.8, 4) is 17.0 Å². The van der Waals surface area contributed by atoms with Crippen molar-refractivity contribution in [2.24, 2.45) is 29.2 Å². The fourth-order valence-electron chi connectivity index (χ4n) is 10.0. The average molecular weight is 796 g/mol. The number of ketones is 1. The zero-order valence-electron chi connectivity index (χ0n) is 32.4. The van der Waals surface area contributed by atoms with Crippen LogP contribution in [0.5, 0.6) is 5.75 Å². The van der Waals surface area contributed by atoms with Crippen molar-refractivity contribution in [1.29, 1.82) is 0 Å². The summed E-state index contributed by atoms with van der Waals surface area (Å²) >= 11 is 6.49. The number of methoxy groups -OCH3 is 1. The van der Waals surface area contributed by atoms with Crippen molar-refractivity contribution in [3.05, 3.63) is 100.0 Å². The number of Topliss-reactive ketones (excluding diaryl/α,β-unsaturated/α-hetero) is 1. The van der Waals surface area contributed by atoms with Crippen molar-refractivity contribution in [2.45, 2.75) is 69.9 Å². The van der Waals surface area contributed by atoms with E-state index >= 15 is 0 Å². The number of anilines is 1. The van der Waals surface area contributed by atoms with Gasteiger partial charge in [0.1, 0.15) is 5.75 Å². The lowest BCUT2D eigenvalue weighted by Crippen LogP contribution is -2.49. The Labute approximate surface area is 334 Å². The number of halogens is 1. The van der Waals surface area contributed by atoms with Gasteiger partial charge in [0.2, 0.25) is 0 Å². The van der Waals surface area contributed by atoms with E-state index in [2.05, 4.69) is 43.2 Å². The molecule has 0 saturated heterocycles. The van der Waals surface area contributed by atoms with Crippen LogP contribution < -0.4 is 9.64 Å². The first-order valence-corrected chi connectivity index (χ1v) is 22.3. The molecule has 4 aromatic rings. The molecule has 1 saturated carbocycles. The normalized spacial score (nSPS) is 29.1. The Morgan fingerprint density at radius 1 is 1.14 bits per heavy atom. The van der Waals surface area contributed by atoms with E-state index in [0.29, 0.717) is 36.0 Å². The molecule has 5 heterocycles. The highest BCUT2D eigenvalue weighted by Gasteiger charge is 2.44. The van der Waals surface area contributed by atoms with Gasteiger partial charge in [0, 0.05) is 85.0 Å². The Bertz CT molecular complexity index is 2370. The van der Waals surface area contributed by atoms with Gasteiger partial charge in [-0.15, -0.1) is 0 Å². The summed E-state index contributed by atoms with van der Waals surface area (Å²) < 4.78 is 36.2. The molecular weight excluding hydrogens is 746 g/mol. The lowest BCUT2D eigenvalue weighted by Gasteiger charge is -2.46. The molecule has 1 amide bonds. The number of aryl methyl sites for hydroxylation is 3. The number of allylic oxidation sites excluding steroid dienone is 1. The molecule has 2 bridgehead atoms. The molecule has 0 N–H and O–H groups in total. The molecule has 5 aliphatic rings. The minimum absolute atomic E-state index is 0.0483. The van der Waals surface area contributed by atoms with Crippen LogP contribution in [0.2, 0.25) is 5.02 Å². The largest absolute Gasteiger partial charge is 0.490 e. The second kappa shape index (κ2) is 14.6. The van der Waals surface area contributed by atoms with Gasteiger partial charge < -0.3 is 18.9 Å². The van der Waals surface area contributed by atoms with Crippen molar-refractivity contribution in [1.82, 2.24) is 14.3 Å². The maximum Gasteiger partial charge on any atom is 0.285 e. The Kier molecular flexibility index (Phi) is 9.77. The van der Waals surface area contributed by atoms with Crippen molar-refractivity contribution in [3.63, 3.8) is 0 Å². The summed E-state index contributed by atoms with van der Waals surface area (Å²) in [7, 11) is 0.391. The summed E-state index contributed by atoms with van der Waals surface area (Å²) in [4.78, 5) is 30.7. The predicted molar refractivity (Wildman–Crippen MR) is 219 cm³/mol. The zero-order valence-corrected chi connectivity index (χ0v) is 34.0. The molecule has 56 heavy (non-hydrogen) atoms. The topological polar surface area (TPSA) is 108 Å². The molecule has 12 heteroatoms. The Balaban J connectivity index is 1.09. The number of fused-ring (bicyclic) bond motifs is 7. The highest BCUT2D eigenvalue weighted by molar-refractivity contribution is 7.94. The zero-order chi connectivity index (χ0) is 38.8. The third-order valence-corrected chi connectivity index (χ3v) is 15.6. The number of ether oxygens (including phenoxy) is 2. The van der Waals surface area contributed by atoms with Gasteiger partial charge in [-0.25, -0.2) is 4.21 Å². The van der Waals surface area contributed by atoms with Gasteiger partial charge in [0.15, 0.2) is 5.78 Å². The molecule has 3 aliphatic heterocycles. The number of aromatic nitrogens is 3. The molecule has 1 fully saturated rings. The molecule has 9 rings (SSSR count). The standard InChI is InChI=1S/C44H50ClN5O5S/c1-28-6-4-8-41(54-3)34-12-9-31(34)22-50-26-44(16-5-7-29-18-33(45)11-13-36(29)44)27-55-42-14-10-30(19-39(42)50)43(52)47-56(53,24-28)25-40(51)32-20-38-35-21-46-48(2)37(35)15-17-49(38)23-32/h4,8,10-11,13-14,18-21,23,28,31,34,41H,5-7,9,12,15-17,22,24-27H2,1-3H3/b8-4+/t28-,31-,34+,41-,44-,56+/m0/s1. The SMILES string of the molecule is CO[C@H]1/C=C/C[C@H](C)C[S@@](=O)(CC(=O)c2cc3n(c2)CCc2c-3cnn2C)=NC(=O)c2ccc3c(c2)N(C[C@@H]2CC[C@H]21)C[C@@]1(CCCc2cc(Cl)ccc21)CO3. The highest BCUT2D eigenvalue weighted by atomic mass is 35.5. The van der Waals surface area contributed by atoms with E-state index in [9.17, 15) is 13.8 Å². The van der Waals surface area contributed by atoms with Gasteiger partial charge in [-0.3, -0.25) is 14.3 Å². The number of benzene rings is 2. The molecule has 294 valence electrons. The van der Waals surface area contributed by atoms with Gasteiger partial charge in [0.25, 0.3) is 5.91 Å². The summed E-state index contributed by atoms with van der Waals surface area (Å²) in [6, 6.07) is 13.6. The van der Waals surface area contributed by atoms with Crippen molar-refractivity contribution < 1.29 is 23.3 Å². The van der Waals surface area contributed by atoms with Crippen LogP contribution in [0.25, 0.3) is 11.3 Å². The smallest absolute Gasteiger partial charge is 0.285 e. The number of carbonyl (C=O) groups is 2. The summed E-state index contributed by atoms with van der Waals surface area (Å²) in [5.41, 5.74) is 6.99. The van der Waals surface area contributed by atoms with Crippen LogP contribution in [0.1, 0.15) is 76.6 Å². The van der Waals surface area contributed by atoms with Crippen LogP contribution in [0.4, 0.5) is 5.69 Å². The second-order valence-electron chi connectivity index (χ2n) is 16.8. The first kappa shape index (κ1) is 37.4. The van der Waals surface area contributed by atoms with Gasteiger partial charge in [0.05, 0.1) is 45.8 Å². The highest BCUT2D eigenvalue weighted by Crippen LogP contribution is 2.47. The van der Waals surface area contributed by atoms with Crippen LogP contribution in [-0.4, -0.2) is 74.7 Å². The minimum Gasteiger partial charge on any atom is -0.490 e. The van der Waals surface area contributed by atoms with E-state index in [4.69, 9.17) is 21.1 Å². The maximum atomic E-state index is 15.0. The number of hydrogen-bond acceptors (Lipinski definition) is 7. The Morgan fingerprint density at radius 3 is 2.84 bits per heavy atom. The van der Waals surface area contributed by atoms with E-state index in [1.807, 2.05) is 55.3 Å². The lowest BCUT2D eigenvalue weighted by atomic mass is 9.68. The number of hydrogen-bond donors (Lipinski definition) is 0. The van der Waals surface area contributed by atoms with E-state index in [1.54, 1.807) is 13.2 Å². The van der Waals surface area contributed by atoms with E-state index in [-0.39, 0.29) is 34.7 Å². The van der Waals surface area contributed by atoms with Crippen LogP contribution in [0, 0.1) is 17.8 Å². The molecule has 6 atom stereocenters. The van der Waals surface area contributed by atoms with Crippen LogP contribution in [0.15, 0.2) is 71.4 Å². The van der Waals surface area contributed by atoms with Crippen LogP contribution in [-0.2, 0) is 46.3 Å². The first-order valence-electron chi connectivity index (χ1n) is 20.0. The van der Waals surface area contributed by atoms with E-state index in [1.165, 1.54) is 11.1 Å². The summed E-state index contributed by atoms with van der Waals surface area (Å²) in [5, 5.41) is 5.17.